The largest absolute Gasteiger partial charge is 0.468 e. The van der Waals surface area contributed by atoms with Crippen molar-refractivity contribution in [2.24, 2.45) is 0 Å². The fourth-order valence-corrected chi connectivity index (χ4v) is 2.72. The molecule has 0 bridgehead atoms. The predicted octanol–water partition coefficient (Wildman–Crippen LogP) is 4.38. The molecule has 0 saturated carbocycles. The van der Waals surface area contributed by atoms with E-state index in [1.54, 1.807) is 19.1 Å². The van der Waals surface area contributed by atoms with E-state index in [-0.39, 0.29) is 22.8 Å². The molecule has 154 valence electrons. The van der Waals surface area contributed by atoms with E-state index in [9.17, 15) is 18.0 Å². The van der Waals surface area contributed by atoms with E-state index < -0.39 is 18.7 Å². The minimum absolute atomic E-state index is 0.167. The number of carbonyl (C=O) groups excluding carboxylic acids is 1. The Hall–Kier alpha value is -3.89. The lowest BCUT2D eigenvalue weighted by atomic mass is 10.1. The van der Waals surface area contributed by atoms with Gasteiger partial charge in [0.15, 0.2) is 12.4 Å². The van der Waals surface area contributed by atoms with Gasteiger partial charge in [-0.15, -0.1) is 0 Å². The number of furan rings is 1. The van der Waals surface area contributed by atoms with Gasteiger partial charge < -0.3 is 19.0 Å². The number of carbonyl (C=O) groups is 1. The average Bonchev–Trinajstić information content (AvgIpc) is 3.36. The van der Waals surface area contributed by atoms with Gasteiger partial charge in [0, 0.05) is 6.07 Å². The lowest BCUT2D eigenvalue weighted by Crippen LogP contribution is -2.19. The topological polar surface area (TPSA) is 103 Å². The average molecular weight is 418 g/mol. The summed E-state index contributed by atoms with van der Waals surface area (Å²) in [5.74, 6) is -0.285. The molecule has 8 nitrogen and oxygen atoms in total. The van der Waals surface area contributed by atoms with Gasteiger partial charge in [0.2, 0.25) is 5.88 Å². The summed E-state index contributed by atoms with van der Waals surface area (Å²) in [7, 11) is 0. The van der Waals surface area contributed by atoms with E-state index >= 15 is 0 Å². The van der Waals surface area contributed by atoms with Crippen LogP contribution in [-0.4, -0.2) is 33.8 Å². The van der Waals surface area contributed by atoms with Crippen LogP contribution in [-0.2, 0) is 0 Å². The highest BCUT2D eigenvalue weighted by molar-refractivity contribution is 6.12. The maximum Gasteiger partial charge on any atom is 0.422 e. The molecule has 11 heteroatoms. The number of rotatable bonds is 5. The highest BCUT2D eigenvalue weighted by atomic mass is 19.4. The van der Waals surface area contributed by atoms with Crippen LogP contribution in [0.25, 0.3) is 22.6 Å². The number of hydrogen-bond acceptors (Lipinski definition) is 7. The number of fused-ring (bicyclic) bond motifs is 1. The van der Waals surface area contributed by atoms with E-state index in [4.69, 9.17) is 8.94 Å². The second-order valence-corrected chi connectivity index (χ2v) is 6.22. The van der Waals surface area contributed by atoms with Gasteiger partial charge >= 0.3 is 6.18 Å². The van der Waals surface area contributed by atoms with Crippen LogP contribution in [0.15, 0.2) is 51.7 Å². The third kappa shape index (κ3) is 4.09. The van der Waals surface area contributed by atoms with Crippen molar-refractivity contribution >= 4 is 22.7 Å². The van der Waals surface area contributed by atoms with Crippen molar-refractivity contribution in [3.05, 3.63) is 54.0 Å². The first kappa shape index (κ1) is 19.4. The summed E-state index contributed by atoms with van der Waals surface area (Å²) in [6.07, 6.45) is -1.81. The highest BCUT2D eigenvalue weighted by Gasteiger charge is 2.28. The molecule has 0 aliphatic rings. The Morgan fingerprint density at radius 3 is 2.77 bits per heavy atom. The number of nitrogens with one attached hydrogen (secondary N) is 1. The molecule has 0 unspecified atom stereocenters. The first-order valence-electron chi connectivity index (χ1n) is 8.58. The van der Waals surface area contributed by atoms with Crippen molar-refractivity contribution in [3.63, 3.8) is 0 Å². The summed E-state index contributed by atoms with van der Waals surface area (Å²) >= 11 is 0. The van der Waals surface area contributed by atoms with E-state index in [0.717, 1.165) is 0 Å². The fourth-order valence-electron chi connectivity index (χ4n) is 2.72. The number of ether oxygens (including phenoxy) is 1. The summed E-state index contributed by atoms with van der Waals surface area (Å²) in [5, 5.41) is 6.92. The molecule has 0 aliphatic carbocycles. The molecule has 4 aromatic rings. The summed E-state index contributed by atoms with van der Waals surface area (Å²) in [6, 6.07) is 7.50. The van der Waals surface area contributed by atoms with Crippen molar-refractivity contribution in [2.45, 2.75) is 13.1 Å². The third-order valence-corrected chi connectivity index (χ3v) is 4.01. The number of hydrogen-bond donors (Lipinski definition) is 1. The fraction of sp³-hybridized carbons (Fsp3) is 0.158. The number of pyridine rings is 2. The molecule has 0 aromatic carbocycles. The number of alkyl halides is 3. The maximum atomic E-state index is 12.9. The molecule has 4 heterocycles. The number of anilines is 1. The standard InChI is InChI=1S/C19H13F3N4O4/c1-10-16-12(7-13(14-3-2-6-28-14)25-18(16)30-26-10)17(27)24-11-4-5-15(23-8-11)29-9-19(20,21)22/h2-8H,9H2,1H3,(H,24,27). The molecule has 30 heavy (non-hydrogen) atoms. The van der Waals surface area contributed by atoms with Crippen molar-refractivity contribution in [3.8, 4) is 17.3 Å². The Bertz CT molecular complexity index is 1190. The van der Waals surface area contributed by atoms with Crippen molar-refractivity contribution in [1.82, 2.24) is 15.1 Å². The maximum absolute atomic E-state index is 12.9. The Morgan fingerprint density at radius 1 is 1.27 bits per heavy atom. The molecule has 4 aromatic heterocycles. The minimum atomic E-state index is -4.47. The molecule has 0 saturated heterocycles. The molecule has 1 N–H and O–H groups in total. The number of nitrogens with zero attached hydrogens (tertiary/aromatic N) is 3. The van der Waals surface area contributed by atoms with E-state index in [0.29, 0.717) is 22.5 Å². The smallest absolute Gasteiger partial charge is 0.422 e. The lowest BCUT2D eigenvalue weighted by Gasteiger charge is -2.10. The van der Waals surface area contributed by atoms with Crippen LogP contribution < -0.4 is 10.1 Å². The molecule has 0 spiro atoms. The first-order valence-corrected chi connectivity index (χ1v) is 8.58. The molecule has 0 radical (unpaired) electrons. The second-order valence-electron chi connectivity index (χ2n) is 6.22. The van der Waals surface area contributed by atoms with Crippen LogP contribution in [0.1, 0.15) is 16.1 Å². The summed E-state index contributed by atoms with van der Waals surface area (Å²) in [6.45, 7) is 0.216. The minimum Gasteiger partial charge on any atom is -0.468 e. The summed E-state index contributed by atoms with van der Waals surface area (Å²) in [5.41, 5.74) is 1.52. The second kappa shape index (κ2) is 7.50. The molecular formula is C19H13F3N4O4. The number of aromatic nitrogens is 3. The van der Waals surface area contributed by atoms with Gasteiger partial charge in [-0.25, -0.2) is 9.97 Å². The molecular weight excluding hydrogens is 405 g/mol. The molecule has 4 rings (SSSR count). The Morgan fingerprint density at radius 2 is 2.10 bits per heavy atom. The summed E-state index contributed by atoms with van der Waals surface area (Å²) < 4.78 is 51.7. The van der Waals surface area contributed by atoms with Gasteiger partial charge in [-0.1, -0.05) is 5.16 Å². The number of aryl methyl sites for hydroxylation is 1. The number of amides is 1. The normalized spacial score (nSPS) is 11.6. The molecule has 0 aliphatic heterocycles. The van der Waals surface area contributed by atoms with E-state index in [2.05, 4.69) is 25.2 Å². The van der Waals surface area contributed by atoms with Crippen LogP contribution in [0, 0.1) is 6.92 Å². The Labute approximate surface area is 166 Å². The van der Waals surface area contributed by atoms with Gasteiger partial charge in [-0.2, -0.15) is 13.2 Å². The Kier molecular flexibility index (Phi) is 4.86. The zero-order valence-corrected chi connectivity index (χ0v) is 15.4. The zero-order chi connectivity index (χ0) is 21.3. The molecule has 0 fully saturated rings. The Balaban J connectivity index is 1.59. The lowest BCUT2D eigenvalue weighted by molar-refractivity contribution is -0.154. The van der Waals surface area contributed by atoms with Crippen LogP contribution in [0.5, 0.6) is 5.88 Å². The first-order chi connectivity index (χ1) is 14.3. The SMILES string of the molecule is Cc1noc2nc(-c3ccco3)cc(C(=O)Nc3ccc(OCC(F)(F)F)nc3)c12. The van der Waals surface area contributed by atoms with Gasteiger partial charge in [-0.05, 0) is 31.2 Å². The van der Waals surface area contributed by atoms with E-state index in [1.165, 1.54) is 30.7 Å². The molecule has 1 amide bonds. The van der Waals surface area contributed by atoms with Gasteiger partial charge in [-0.3, -0.25) is 4.79 Å². The third-order valence-electron chi connectivity index (χ3n) is 4.01. The van der Waals surface area contributed by atoms with Gasteiger partial charge in [0.1, 0.15) is 5.69 Å². The zero-order valence-electron chi connectivity index (χ0n) is 15.4. The van der Waals surface area contributed by atoms with Crippen molar-refractivity contribution in [2.75, 3.05) is 11.9 Å². The van der Waals surface area contributed by atoms with Crippen LogP contribution in [0.2, 0.25) is 0 Å². The van der Waals surface area contributed by atoms with Crippen LogP contribution in [0.4, 0.5) is 18.9 Å². The van der Waals surface area contributed by atoms with Gasteiger partial charge in [0.05, 0.1) is 34.8 Å². The highest BCUT2D eigenvalue weighted by Crippen LogP contribution is 2.28. The monoisotopic (exact) mass is 418 g/mol. The van der Waals surface area contributed by atoms with Crippen LogP contribution in [0.3, 0.4) is 0 Å². The predicted molar refractivity (Wildman–Crippen MR) is 98.0 cm³/mol. The van der Waals surface area contributed by atoms with Crippen LogP contribution >= 0.6 is 0 Å². The van der Waals surface area contributed by atoms with Crippen molar-refractivity contribution < 1.29 is 31.6 Å². The number of halogens is 3. The molecule has 0 atom stereocenters. The summed E-state index contributed by atoms with van der Waals surface area (Å²) in [4.78, 5) is 21.0. The van der Waals surface area contributed by atoms with Crippen molar-refractivity contribution in [1.29, 1.82) is 0 Å². The van der Waals surface area contributed by atoms with E-state index in [1.807, 2.05) is 0 Å². The van der Waals surface area contributed by atoms with Gasteiger partial charge in [0.25, 0.3) is 11.6 Å². The quantitative estimate of drug-likeness (QED) is 0.513.